The lowest BCUT2D eigenvalue weighted by Crippen LogP contribution is -2.20. The van der Waals surface area contributed by atoms with Crippen LogP contribution in [0.1, 0.15) is 11.1 Å². The van der Waals surface area contributed by atoms with Crippen molar-refractivity contribution in [3.8, 4) is 5.75 Å². The van der Waals surface area contributed by atoms with Gasteiger partial charge in [0.2, 0.25) is 0 Å². The molecule has 2 aromatic rings. The number of rotatable bonds is 8. The van der Waals surface area contributed by atoms with E-state index in [0.717, 1.165) is 20.5 Å². The van der Waals surface area contributed by atoms with Gasteiger partial charge >= 0.3 is 5.97 Å². The van der Waals surface area contributed by atoms with Crippen LogP contribution in [-0.2, 0) is 20.9 Å². The number of ether oxygens (including phenoxy) is 2. The molecule has 0 saturated heterocycles. The van der Waals surface area contributed by atoms with E-state index >= 15 is 0 Å². The number of nitrogens with two attached hydrogens (primary N) is 1. The second-order valence-corrected chi connectivity index (χ2v) is 7.19. The number of benzene rings is 2. The van der Waals surface area contributed by atoms with Crippen molar-refractivity contribution in [2.24, 2.45) is 5.73 Å². The number of hydrogen-bond acceptors (Lipinski definition) is 5. The van der Waals surface area contributed by atoms with E-state index < -0.39 is 5.91 Å². The van der Waals surface area contributed by atoms with Crippen molar-refractivity contribution in [3.05, 3.63) is 58.1 Å². The van der Waals surface area contributed by atoms with Crippen LogP contribution in [-0.4, -0.2) is 24.2 Å². The number of halogens is 1. The van der Waals surface area contributed by atoms with Crippen molar-refractivity contribution in [2.75, 3.05) is 12.4 Å². The third kappa shape index (κ3) is 6.80. The van der Waals surface area contributed by atoms with E-state index in [-0.39, 0.29) is 24.9 Å². The van der Waals surface area contributed by atoms with Gasteiger partial charge < -0.3 is 15.2 Å². The first kappa shape index (κ1) is 19.3. The minimum absolute atomic E-state index is 0.145. The van der Waals surface area contributed by atoms with Crippen LogP contribution in [0.15, 0.2) is 51.8 Å². The van der Waals surface area contributed by atoms with Gasteiger partial charge in [0, 0.05) is 9.37 Å². The number of thioether (sulfide) groups is 1. The number of carbonyl (C=O) groups excluding carboxylic acids is 2. The molecular formula is C18H18BrNO4S. The molecule has 0 radical (unpaired) electrons. The number of aryl methyl sites for hydroxylation is 1. The Bertz CT molecular complexity index is 766. The molecule has 132 valence electrons. The van der Waals surface area contributed by atoms with Crippen molar-refractivity contribution in [2.45, 2.75) is 18.4 Å². The molecule has 0 spiro atoms. The lowest BCUT2D eigenvalue weighted by molar-refractivity contribution is -0.141. The molecule has 0 aliphatic rings. The topological polar surface area (TPSA) is 78.6 Å². The Kier molecular flexibility index (Phi) is 7.33. The Balaban J connectivity index is 1.81. The van der Waals surface area contributed by atoms with Crippen LogP contribution in [0.3, 0.4) is 0 Å². The fourth-order valence-electron chi connectivity index (χ4n) is 2.00. The van der Waals surface area contributed by atoms with Gasteiger partial charge in [-0.3, -0.25) is 9.59 Å². The molecule has 0 aliphatic carbocycles. The maximum absolute atomic E-state index is 11.9. The zero-order chi connectivity index (χ0) is 18.2. The molecule has 5 nitrogen and oxygen atoms in total. The summed E-state index contributed by atoms with van der Waals surface area (Å²) in [6, 6.07) is 12.9. The highest BCUT2D eigenvalue weighted by molar-refractivity contribution is 9.10. The lowest BCUT2D eigenvalue weighted by Gasteiger charge is -2.08. The zero-order valence-electron chi connectivity index (χ0n) is 13.7. The van der Waals surface area contributed by atoms with Gasteiger partial charge in [-0.25, -0.2) is 0 Å². The molecule has 1 amide bonds. The molecule has 0 fully saturated rings. The number of amides is 1. The Labute approximate surface area is 159 Å². The maximum Gasteiger partial charge on any atom is 0.316 e. The molecule has 0 atom stereocenters. The Hall–Kier alpha value is -1.99. The molecule has 2 N–H and O–H groups in total. The monoisotopic (exact) mass is 423 g/mol. The summed E-state index contributed by atoms with van der Waals surface area (Å²) in [5.41, 5.74) is 6.92. The van der Waals surface area contributed by atoms with Crippen LogP contribution in [0.5, 0.6) is 5.75 Å². The molecule has 0 aliphatic heterocycles. The summed E-state index contributed by atoms with van der Waals surface area (Å²) in [4.78, 5) is 23.7. The van der Waals surface area contributed by atoms with E-state index in [2.05, 4.69) is 15.9 Å². The molecule has 2 aromatic carbocycles. The standard InChI is InChI=1S/C18H18BrNO4S/c1-12-7-14(19)5-6-16(12)25-11-18(22)24-9-13-3-2-4-15(8-13)23-10-17(20)21/h2-8H,9-11H2,1H3,(H2,20,21). The summed E-state index contributed by atoms with van der Waals surface area (Å²) in [7, 11) is 0. The number of primary amides is 1. The summed E-state index contributed by atoms with van der Waals surface area (Å²) >= 11 is 4.86. The zero-order valence-corrected chi connectivity index (χ0v) is 16.1. The molecule has 0 saturated carbocycles. The smallest absolute Gasteiger partial charge is 0.316 e. The van der Waals surface area contributed by atoms with Crippen LogP contribution in [0, 0.1) is 6.92 Å². The first-order chi connectivity index (χ1) is 11.9. The fourth-order valence-corrected chi connectivity index (χ4v) is 3.28. The molecule has 0 bridgehead atoms. The van der Waals surface area contributed by atoms with Crippen LogP contribution >= 0.6 is 27.7 Å². The second-order valence-electron chi connectivity index (χ2n) is 5.26. The number of esters is 1. The molecule has 7 heteroatoms. The second kappa shape index (κ2) is 9.48. The number of carbonyl (C=O) groups is 2. The van der Waals surface area contributed by atoms with E-state index in [1.165, 1.54) is 11.8 Å². The third-order valence-corrected chi connectivity index (χ3v) is 4.80. The predicted molar refractivity (Wildman–Crippen MR) is 101 cm³/mol. The van der Waals surface area contributed by atoms with Gasteiger partial charge in [0.05, 0.1) is 5.75 Å². The summed E-state index contributed by atoms with van der Waals surface area (Å²) in [6.45, 7) is 1.95. The van der Waals surface area contributed by atoms with E-state index in [1.807, 2.05) is 31.2 Å². The van der Waals surface area contributed by atoms with Crippen molar-refractivity contribution in [3.63, 3.8) is 0 Å². The SMILES string of the molecule is Cc1cc(Br)ccc1SCC(=O)OCc1cccc(OCC(N)=O)c1. The first-order valence-corrected chi connectivity index (χ1v) is 9.26. The average molecular weight is 424 g/mol. The van der Waals surface area contributed by atoms with Gasteiger partial charge in [-0.05, 0) is 48.4 Å². The van der Waals surface area contributed by atoms with Crippen LogP contribution in [0.2, 0.25) is 0 Å². The van der Waals surface area contributed by atoms with Gasteiger partial charge in [-0.2, -0.15) is 0 Å². The van der Waals surface area contributed by atoms with Crippen molar-refractivity contribution in [1.82, 2.24) is 0 Å². The first-order valence-electron chi connectivity index (χ1n) is 7.48. The highest BCUT2D eigenvalue weighted by atomic mass is 79.9. The van der Waals surface area contributed by atoms with Gasteiger partial charge in [0.1, 0.15) is 12.4 Å². The Morgan fingerprint density at radius 1 is 1.20 bits per heavy atom. The molecule has 2 rings (SSSR count). The third-order valence-electron chi connectivity index (χ3n) is 3.16. The Morgan fingerprint density at radius 3 is 2.72 bits per heavy atom. The lowest BCUT2D eigenvalue weighted by atomic mass is 10.2. The summed E-state index contributed by atoms with van der Waals surface area (Å²) in [6.07, 6.45) is 0. The van der Waals surface area contributed by atoms with E-state index in [0.29, 0.717) is 5.75 Å². The van der Waals surface area contributed by atoms with Crippen molar-refractivity contribution in [1.29, 1.82) is 0 Å². The van der Waals surface area contributed by atoms with Gasteiger partial charge in [0.15, 0.2) is 6.61 Å². The molecule has 0 heterocycles. The summed E-state index contributed by atoms with van der Waals surface area (Å²) in [5.74, 6) is -0.0968. The van der Waals surface area contributed by atoms with Crippen LogP contribution < -0.4 is 10.5 Å². The van der Waals surface area contributed by atoms with Gasteiger partial charge in [-0.15, -0.1) is 11.8 Å². The highest BCUT2D eigenvalue weighted by Crippen LogP contribution is 2.25. The summed E-state index contributed by atoms with van der Waals surface area (Å²) in [5, 5.41) is 0. The van der Waals surface area contributed by atoms with E-state index in [4.69, 9.17) is 15.2 Å². The van der Waals surface area contributed by atoms with E-state index in [9.17, 15) is 9.59 Å². The molecule has 25 heavy (non-hydrogen) atoms. The predicted octanol–water partition coefficient (Wildman–Crippen LogP) is 3.46. The van der Waals surface area contributed by atoms with Crippen LogP contribution in [0.4, 0.5) is 0 Å². The van der Waals surface area contributed by atoms with Crippen molar-refractivity contribution < 1.29 is 19.1 Å². The van der Waals surface area contributed by atoms with Crippen LogP contribution in [0.25, 0.3) is 0 Å². The average Bonchev–Trinajstić information content (AvgIpc) is 2.58. The normalized spacial score (nSPS) is 10.3. The minimum atomic E-state index is -0.544. The fraction of sp³-hybridized carbons (Fsp3) is 0.222. The molecule has 0 aromatic heterocycles. The highest BCUT2D eigenvalue weighted by Gasteiger charge is 2.08. The van der Waals surface area contributed by atoms with Gasteiger partial charge in [0.25, 0.3) is 5.91 Å². The molecular weight excluding hydrogens is 406 g/mol. The van der Waals surface area contributed by atoms with Gasteiger partial charge in [-0.1, -0.05) is 28.1 Å². The summed E-state index contributed by atoms with van der Waals surface area (Å²) < 4.78 is 11.5. The van der Waals surface area contributed by atoms with E-state index in [1.54, 1.807) is 18.2 Å². The maximum atomic E-state index is 11.9. The quantitative estimate of drug-likeness (QED) is 0.519. The Morgan fingerprint density at radius 2 is 2.00 bits per heavy atom. The minimum Gasteiger partial charge on any atom is -0.484 e. The number of hydrogen-bond donors (Lipinski definition) is 1. The van der Waals surface area contributed by atoms with Crippen molar-refractivity contribution >= 4 is 39.6 Å². The largest absolute Gasteiger partial charge is 0.484 e. The molecule has 0 unspecified atom stereocenters.